The van der Waals surface area contributed by atoms with E-state index in [1.165, 1.54) is 36.4 Å². The van der Waals surface area contributed by atoms with Gasteiger partial charge in [0, 0.05) is 17.3 Å². The summed E-state index contributed by atoms with van der Waals surface area (Å²) in [6, 6.07) is 19.3. The van der Waals surface area contributed by atoms with Gasteiger partial charge in [0.15, 0.2) is 0 Å². The number of para-hydroxylation sites is 1. The molecule has 0 saturated heterocycles. The summed E-state index contributed by atoms with van der Waals surface area (Å²) in [5.74, 6) is 0.926. The number of benzene rings is 3. The van der Waals surface area contributed by atoms with E-state index in [9.17, 15) is 17.6 Å². The molecule has 34 heavy (non-hydrogen) atoms. The number of nitrogens with zero attached hydrogens (tertiary/aromatic N) is 1. The number of hydrogen-bond acceptors (Lipinski definition) is 4. The minimum atomic E-state index is -3.98. The highest BCUT2D eigenvalue weighted by atomic mass is 35.5. The molecule has 0 saturated carbocycles. The van der Waals surface area contributed by atoms with Gasteiger partial charge in [0.2, 0.25) is 5.91 Å². The second-order valence-electron chi connectivity index (χ2n) is 7.63. The Morgan fingerprint density at radius 3 is 2.38 bits per heavy atom. The molecule has 3 rings (SSSR count). The molecule has 0 aromatic heterocycles. The fraction of sp³-hybridized carbons (Fsp3) is 0.240. The van der Waals surface area contributed by atoms with Gasteiger partial charge in [0.05, 0.1) is 10.6 Å². The van der Waals surface area contributed by atoms with Gasteiger partial charge in [0.25, 0.3) is 10.0 Å². The molecule has 0 fully saturated rings. The van der Waals surface area contributed by atoms with Crippen molar-refractivity contribution in [3.8, 4) is 0 Å². The SMILES string of the molecule is Cc1ccccc1N(CC(=O)NCCCSCc1ccc(F)cc1)S(=O)(=O)c1ccc(Cl)cc1. The number of nitrogens with one attached hydrogen (secondary N) is 1. The lowest BCUT2D eigenvalue weighted by atomic mass is 10.2. The third kappa shape index (κ3) is 7.22. The normalized spacial score (nSPS) is 11.3. The molecule has 0 atom stereocenters. The maximum atomic E-state index is 13.4. The van der Waals surface area contributed by atoms with Crippen molar-refractivity contribution in [3.63, 3.8) is 0 Å². The van der Waals surface area contributed by atoms with Gasteiger partial charge in [-0.2, -0.15) is 11.8 Å². The second kappa shape index (κ2) is 12.2. The number of carbonyl (C=O) groups excluding carboxylic acids is 1. The number of aryl methyl sites for hydroxylation is 1. The zero-order valence-electron chi connectivity index (χ0n) is 18.7. The minimum Gasteiger partial charge on any atom is -0.354 e. The highest BCUT2D eigenvalue weighted by Gasteiger charge is 2.28. The largest absolute Gasteiger partial charge is 0.354 e. The Balaban J connectivity index is 1.59. The Morgan fingerprint density at radius 1 is 1.03 bits per heavy atom. The predicted molar refractivity (Wildman–Crippen MR) is 137 cm³/mol. The summed E-state index contributed by atoms with van der Waals surface area (Å²) >= 11 is 7.60. The minimum absolute atomic E-state index is 0.0603. The molecule has 0 radical (unpaired) electrons. The topological polar surface area (TPSA) is 66.5 Å². The molecule has 9 heteroatoms. The van der Waals surface area contributed by atoms with Gasteiger partial charge >= 0.3 is 0 Å². The predicted octanol–water partition coefficient (Wildman–Crippen LogP) is 5.42. The number of anilines is 1. The lowest BCUT2D eigenvalue weighted by molar-refractivity contribution is -0.119. The van der Waals surface area contributed by atoms with Crippen LogP contribution in [0, 0.1) is 12.7 Å². The summed E-state index contributed by atoms with van der Waals surface area (Å²) in [6.45, 7) is 1.90. The second-order valence-corrected chi connectivity index (χ2v) is 11.0. The van der Waals surface area contributed by atoms with Crippen LogP contribution in [0.2, 0.25) is 5.02 Å². The van der Waals surface area contributed by atoms with Crippen molar-refractivity contribution in [2.45, 2.75) is 24.0 Å². The summed E-state index contributed by atoms with van der Waals surface area (Å²) in [5.41, 5.74) is 2.23. The zero-order chi connectivity index (χ0) is 24.6. The standard InChI is InChI=1S/C25H26ClFN2O3S2/c1-19-5-2-3-6-24(19)29(34(31,32)23-13-9-21(26)10-14-23)17-25(30)28-15-4-16-33-18-20-7-11-22(27)12-8-20/h2-3,5-14H,4,15-18H2,1H3,(H,28,30). The Labute approximate surface area is 209 Å². The van der Waals surface area contributed by atoms with E-state index in [0.29, 0.717) is 17.3 Å². The van der Waals surface area contributed by atoms with Crippen LogP contribution in [0.25, 0.3) is 0 Å². The van der Waals surface area contributed by atoms with Crippen LogP contribution in [-0.2, 0) is 20.6 Å². The molecule has 0 aliphatic heterocycles. The van der Waals surface area contributed by atoms with Gasteiger partial charge in [-0.3, -0.25) is 9.10 Å². The number of hydrogen-bond donors (Lipinski definition) is 1. The van der Waals surface area contributed by atoms with Crippen LogP contribution in [0.15, 0.2) is 77.7 Å². The molecule has 1 N–H and O–H groups in total. The first-order chi connectivity index (χ1) is 16.3. The van der Waals surface area contributed by atoms with Crippen LogP contribution in [0.3, 0.4) is 0 Å². The molecule has 1 amide bonds. The van der Waals surface area contributed by atoms with E-state index in [1.807, 2.05) is 6.07 Å². The summed E-state index contributed by atoms with van der Waals surface area (Å²) in [6.07, 6.45) is 0.728. The third-order valence-electron chi connectivity index (χ3n) is 5.04. The average Bonchev–Trinajstić information content (AvgIpc) is 2.81. The third-order valence-corrected chi connectivity index (χ3v) is 8.18. The number of amides is 1. The van der Waals surface area contributed by atoms with Gasteiger partial charge in [-0.1, -0.05) is 41.9 Å². The highest BCUT2D eigenvalue weighted by Crippen LogP contribution is 2.27. The quantitative estimate of drug-likeness (QED) is 0.343. The first-order valence-electron chi connectivity index (χ1n) is 10.7. The van der Waals surface area contributed by atoms with Crippen LogP contribution in [0.5, 0.6) is 0 Å². The molecule has 3 aromatic carbocycles. The van der Waals surface area contributed by atoms with Crippen molar-refractivity contribution in [1.29, 1.82) is 0 Å². The van der Waals surface area contributed by atoms with Gasteiger partial charge in [-0.05, 0) is 72.7 Å². The van der Waals surface area contributed by atoms with Crippen molar-refractivity contribution in [2.24, 2.45) is 0 Å². The molecule has 0 aliphatic carbocycles. The monoisotopic (exact) mass is 520 g/mol. The van der Waals surface area contributed by atoms with Crippen LogP contribution in [0.4, 0.5) is 10.1 Å². The van der Waals surface area contributed by atoms with E-state index in [1.54, 1.807) is 49.0 Å². The van der Waals surface area contributed by atoms with Gasteiger partial charge < -0.3 is 5.32 Å². The summed E-state index contributed by atoms with van der Waals surface area (Å²) < 4.78 is 40.9. The summed E-state index contributed by atoms with van der Waals surface area (Å²) in [5, 5.41) is 3.24. The summed E-state index contributed by atoms with van der Waals surface area (Å²) in [7, 11) is -3.98. The van der Waals surface area contributed by atoms with E-state index >= 15 is 0 Å². The van der Waals surface area contributed by atoms with E-state index in [0.717, 1.165) is 33.4 Å². The number of sulfonamides is 1. The molecule has 0 heterocycles. The molecular formula is C25H26ClFN2O3S2. The summed E-state index contributed by atoms with van der Waals surface area (Å²) in [4.78, 5) is 12.7. The van der Waals surface area contributed by atoms with Crippen LogP contribution in [-0.4, -0.2) is 33.2 Å². The van der Waals surface area contributed by atoms with Gasteiger partial charge in [0.1, 0.15) is 12.4 Å². The first kappa shape index (κ1) is 26.1. The van der Waals surface area contributed by atoms with E-state index in [4.69, 9.17) is 11.6 Å². The Hall–Kier alpha value is -2.55. The van der Waals surface area contributed by atoms with Crippen molar-refractivity contribution in [1.82, 2.24) is 5.32 Å². The Morgan fingerprint density at radius 2 is 1.71 bits per heavy atom. The maximum absolute atomic E-state index is 13.4. The first-order valence-corrected chi connectivity index (χ1v) is 13.7. The number of halogens is 2. The Bertz CT molecular complexity index is 1200. The fourth-order valence-electron chi connectivity index (χ4n) is 3.24. The molecule has 5 nitrogen and oxygen atoms in total. The lowest BCUT2D eigenvalue weighted by Crippen LogP contribution is -2.41. The van der Waals surface area contributed by atoms with E-state index in [-0.39, 0.29) is 23.2 Å². The molecule has 0 bridgehead atoms. The number of rotatable bonds is 11. The molecule has 0 aliphatic rings. The number of carbonyl (C=O) groups is 1. The molecule has 3 aromatic rings. The van der Waals surface area contributed by atoms with Crippen molar-refractivity contribution < 1.29 is 17.6 Å². The van der Waals surface area contributed by atoms with Crippen LogP contribution >= 0.6 is 23.4 Å². The molecule has 0 unspecified atom stereocenters. The van der Waals surface area contributed by atoms with Crippen LogP contribution < -0.4 is 9.62 Å². The van der Waals surface area contributed by atoms with E-state index < -0.39 is 10.0 Å². The molecular weight excluding hydrogens is 495 g/mol. The van der Waals surface area contributed by atoms with Gasteiger partial charge in [-0.15, -0.1) is 0 Å². The average molecular weight is 521 g/mol. The van der Waals surface area contributed by atoms with Crippen molar-refractivity contribution in [2.75, 3.05) is 23.1 Å². The van der Waals surface area contributed by atoms with E-state index in [2.05, 4.69) is 5.32 Å². The molecule has 0 spiro atoms. The Kier molecular flexibility index (Phi) is 9.38. The smallest absolute Gasteiger partial charge is 0.264 e. The van der Waals surface area contributed by atoms with Gasteiger partial charge in [-0.25, -0.2) is 12.8 Å². The number of thioether (sulfide) groups is 1. The van der Waals surface area contributed by atoms with Crippen molar-refractivity contribution in [3.05, 3.63) is 94.8 Å². The van der Waals surface area contributed by atoms with Crippen molar-refractivity contribution >= 4 is 45.0 Å². The maximum Gasteiger partial charge on any atom is 0.264 e. The van der Waals surface area contributed by atoms with Crippen LogP contribution in [0.1, 0.15) is 17.5 Å². The fourth-order valence-corrected chi connectivity index (χ4v) is 5.77. The molecule has 180 valence electrons. The highest BCUT2D eigenvalue weighted by molar-refractivity contribution is 7.98. The lowest BCUT2D eigenvalue weighted by Gasteiger charge is -2.25. The zero-order valence-corrected chi connectivity index (χ0v) is 21.1.